The van der Waals surface area contributed by atoms with Crippen LogP contribution >= 0.6 is 0 Å². The first-order valence-electron chi connectivity index (χ1n) is 6.96. The van der Waals surface area contributed by atoms with Crippen LogP contribution in [0.4, 0.5) is 0 Å². The van der Waals surface area contributed by atoms with Gasteiger partial charge in [0.1, 0.15) is 6.04 Å². The third-order valence-electron chi connectivity index (χ3n) is 4.03. The lowest BCUT2D eigenvalue weighted by Gasteiger charge is -2.22. The lowest BCUT2D eigenvalue weighted by Crippen LogP contribution is -2.41. The molecule has 1 aliphatic carbocycles. The molecule has 1 fully saturated rings. The summed E-state index contributed by atoms with van der Waals surface area (Å²) in [6, 6.07) is 8.71. The summed E-state index contributed by atoms with van der Waals surface area (Å²) < 4.78 is 0. The van der Waals surface area contributed by atoms with Crippen molar-refractivity contribution in [3.63, 3.8) is 0 Å². The number of hydrogen-bond donors (Lipinski definition) is 3. The monoisotopic (exact) mass is 275 g/mol. The molecule has 0 aromatic heterocycles. The van der Waals surface area contributed by atoms with E-state index in [2.05, 4.69) is 17.4 Å². The van der Waals surface area contributed by atoms with Gasteiger partial charge < -0.3 is 16.3 Å². The summed E-state index contributed by atoms with van der Waals surface area (Å²) in [7, 11) is 0. The molecule has 1 aromatic rings. The number of rotatable bonds is 4. The zero-order valence-corrected chi connectivity index (χ0v) is 11.6. The van der Waals surface area contributed by atoms with E-state index < -0.39 is 6.04 Å². The van der Waals surface area contributed by atoms with E-state index >= 15 is 0 Å². The highest BCUT2D eigenvalue weighted by Gasteiger charge is 2.31. The predicted octanol–water partition coefficient (Wildman–Crippen LogP) is 2.03. The van der Waals surface area contributed by atoms with Crippen LogP contribution in [0.15, 0.2) is 35.5 Å². The molecule has 0 spiro atoms. The summed E-state index contributed by atoms with van der Waals surface area (Å²) in [5, 5.41) is 14.9. The van der Waals surface area contributed by atoms with Crippen LogP contribution < -0.4 is 11.1 Å². The molecule has 3 unspecified atom stereocenters. The van der Waals surface area contributed by atoms with Crippen molar-refractivity contribution >= 4 is 11.7 Å². The summed E-state index contributed by atoms with van der Waals surface area (Å²) in [6.45, 7) is 2.10. The largest absolute Gasteiger partial charge is 0.409 e. The van der Waals surface area contributed by atoms with Gasteiger partial charge in [-0.1, -0.05) is 48.8 Å². The van der Waals surface area contributed by atoms with Gasteiger partial charge in [-0.2, -0.15) is 0 Å². The van der Waals surface area contributed by atoms with Crippen LogP contribution in [-0.4, -0.2) is 17.0 Å². The molecule has 1 aliphatic rings. The first-order chi connectivity index (χ1) is 9.63. The fourth-order valence-electron chi connectivity index (χ4n) is 2.82. The van der Waals surface area contributed by atoms with Crippen LogP contribution in [-0.2, 0) is 4.79 Å². The molecule has 5 nitrogen and oxygen atoms in total. The lowest BCUT2D eigenvalue weighted by atomic mass is 9.96. The van der Waals surface area contributed by atoms with Gasteiger partial charge in [0.2, 0.25) is 5.91 Å². The predicted molar refractivity (Wildman–Crippen MR) is 77.2 cm³/mol. The molecule has 1 saturated carbocycles. The van der Waals surface area contributed by atoms with Gasteiger partial charge in [-0.25, -0.2) is 0 Å². The average Bonchev–Trinajstić information content (AvgIpc) is 2.91. The maximum Gasteiger partial charge on any atom is 0.224 e. The highest BCUT2D eigenvalue weighted by molar-refractivity contribution is 5.91. The second-order valence-electron chi connectivity index (χ2n) is 5.39. The van der Waals surface area contributed by atoms with Gasteiger partial charge >= 0.3 is 0 Å². The van der Waals surface area contributed by atoms with E-state index in [4.69, 9.17) is 10.9 Å². The van der Waals surface area contributed by atoms with Crippen molar-refractivity contribution in [2.75, 3.05) is 0 Å². The third-order valence-corrected chi connectivity index (χ3v) is 4.03. The quantitative estimate of drug-likeness (QED) is 0.340. The Labute approximate surface area is 118 Å². The topological polar surface area (TPSA) is 87.7 Å². The van der Waals surface area contributed by atoms with Crippen LogP contribution in [0.1, 0.15) is 37.8 Å². The van der Waals surface area contributed by atoms with Gasteiger partial charge in [-0.3, -0.25) is 4.79 Å². The summed E-state index contributed by atoms with van der Waals surface area (Å²) in [4.78, 5) is 12.4. The maximum atomic E-state index is 12.4. The number of oxime groups is 1. The molecule has 0 bridgehead atoms. The van der Waals surface area contributed by atoms with Crippen LogP contribution in [0.2, 0.25) is 0 Å². The maximum absolute atomic E-state index is 12.4. The van der Waals surface area contributed by atoms with Gasteiger partial charge in [-0.05, 0) is 24.3 Å². The zero-order chi connectivity index (χ0) is 14.5. The molecule has 1 amide bonds. The molecule has 0 radical (unpaired) electrons. The lowest BCUT2D eigenvalue weighted by molar-refractivity contribution is -0.126. The Morgan fingerprint density at radius 1 is 1.40 bits per heavy atom. The summed E-state index contributed by atoms with van der Waals surface area (Å²) >= 11 is 0. The Kier molecular flexibility index (Phi) is 4.61. The summed E-state index contributed by atoms with van der Waals surface area (Å²) in [5.74, 6) is 0.386. The van der Waals surface area contributed by atoms with Gasteiger partial charge in [-0.15, -0.1) is 0 Å². The van der Waals surface area contributed by atoms with E-state index in [1.807, 2.05) is 30.3 Å². The average molecular weight is 275 g/mol. The van der Waals surface area contributed by atoms with Crippen molar-refractivity contribution in [3.05, 3.63) is 35.9 Å². The molecule has 0 aliphatic heterocycles. The second-order valence-corrected chi connectivity index (χ2v) is 5.39. The summed E-state index contributed by atoms with van der Waals surface area (Å²) in [6.07, 6.45) is 3.07. The number of nitrogens with two attached hydrogens (primary N) is 1. The number of carbonyl (C=O) groups is 1. The Balaban J connectivity index is 2.15. The zero-order valence-electron chi connectivity index (χ0n) is 11.6. The van der Waals surface area contributed by atoms with Crippen LogP contribution in [0.3, 0.4) is 0 Å². The molecule has 108 valence electrons. The molecule has 4 N–H and O–H groups in total. The minimum atomic E-state index is -0.582. The molecular weight excluding hydrogens is 254 g/mol. The highest BCUT2D eigenvalue weighted by atomic mass is 16.4. The fourth-order valence-corrected chi connectivity index (χ4v) is 2.82. The van der Waals surface area contributed by atoms with E-state index in [-0.39, 0.29) is 17.7 Å². The SMILES string of the molecule is CC1CCCC1C(=O)NC(/C(N)=N/O)c1ccccc1. The molecule has 0 saturated heterocycles. The van der Waals surface area contributed by atoms with Crippen LogP contribution in [0, 0.1) is 11.8 Å². The second kappa shape index (κ2) is 6.41. The van der Waals surface area contributed by atoms with Crippen molar-refractivity contribution in [2.24, 2.45) is 22.7 Å². The van der Waals surface area contributed by atoms with Crippen molar-refractivity contribution in [3.8, 4) is 0 Å². The number of hydrogen-bond acceptors (Lipinski definition) is 3. The van der Waals surface area contributed by atoms with Crippen LogP contribution in [0.25, 0.3) is 0 Å². The van der Waals surface area contributed by atoms with Crippen molar-refractivity contribution in [1.29, 1.82) is 0 Å². The Bertz CT molecular complexity index is 487. The van der Waals surface area contributed by atoms with Crippen LogP contribution in [0.5, 0.6) is 0 Å². The summed E-state index contributed by atoms with van der Waals surface area (Å²) in [5.41, 5.74) is 6.52. The minimum absolute atomic E-state index is 0.00444. The van der Waals surface area contributed by atoms with Gasteiger partial charge in [0.25, 0.3) is 0 Å². The molecular formula is C15H21N3O2. The first-order valence-corrected chi connectivity index (χ1v) is 6.96. The number of carbonyl (C=O) groups excluding carboxylic acids is 1. The van der Waals surface area contributed by atoms with E-state index in [9.17, 15) is 4.79 Å². The molecule has 3 atom stereocenters. The first kappa shape index (κ1) is 14.4. The van der Waals surface area contributed by atoms with E-state index in [0.29, 0.717) is 5.92 Å². The highest BCUT2D eigenvalue weighted by Crippen LogP contribution is 2.31. The van der Waals surface area contributed by atoms with E-state index in [1.165, 1.54) is 0 Å². The van der Waals surface area contributed by atoms with E-state index in [1.54, 1.807) is 0 Å². The van der Waals surface area contributed by atoms with Gasteiger partial charge in [0.05, 0.1) is 0 Å². The van der Waals surface area contributed by atoms with Crippen molar-refractivity contribution in [2.45, 2.75) is 32.2 Å². The number of nitrogens with zero attached hydrogens (tertiary/aromatic N) is 1. The van der Waals surface area contributed by atoms with Gasteiger partial charge in [0, 0.05) is 5.92 Å². The Hall–Kier alpha value is -2.04. The number of nitrogens with one attached hydrogen (secondary N) is 1. The Morgan fingerprint density at radius 2 is 2.10 bits per heavy atom. The molecule has 0 heterocycles. The minimum Gasteiger partial charge on any atom is -0.409 e. The fraction of sp³-hybridized carbons (Fsp3) is 0.467. The van der Waals surface area contributed by atoms with Crippen molar-refractivity contribution < 1.29 is 10.0 Å². The number of amidine groups is 1. The van der Waals surface area contributed by atoms with Gasteiger partial charge in [0.15, 0.2) is 5.84 Å². The number of benzene rings is 1. The smallest absolute Gasteiger partial charge is 0.224 e. The van der Waals surface area contributed by atoms with E-state index in [0.717, 1.165) is 24.8 Å². The molecule has 2 rings (SSSR count). The molecule has 5 heteroatoms. The molecule has 1 aromatic carbocycles. The normalized spacial score (nSPS) is 24.4. The molecule has 20 heavy (non-hydrogen) atoms. The van der Waals surface area contributed by atoms with Crippen molar-refractivity contribution in [1.82, 2.24) is 5.32 Å². The Morgan fingerprint density at radius 3 is 2.65 bits per heavy atom. The third kappa shape index (κ3) is 3.10. The number of amides is 1. The standard InChI is InChI=1S/C15H21N3O2/c1-10-6-5-9-12(10)15(19)17-13(14(16)18-20)11-7-3-2-4-8-11/h2-4,7-8,10,12-13,20H,5-6,9H2,1H3,(H2,16,18)(H,17,19).